The number of ether oxygens (including phenoxy) is 1. The van der Waals surface area contributed by atoms with Gasteiger partial charge in [-0.15, -0.1) is 0 Å². The molecule has 0 bridgehead atoms. The molecule has 12 heavy (non-hydrogen) atoms. The highest BCUT2D eigenvalue weighted by Crippen LogP contribution is 2.16. The summed E-state index contributed by atoms with van der Waals surface area (Å²) in [6.45, 7) is 0. The van der Waals surface area contributed by atoms with E-state index in [1.54, 1.807) is 0 Å². The molecule has 1 unspecified atom stereocenters. The van der Waals surface area contributed by atoms with Crippen LogP contribution in [0, 0.1) is 11.6 Å². The van der Waals surface area contributed by atoms with Crippen molar-refractivity contribution >= 4 is 0 Å². The Morgan fingerprint density at radius 3 is 2.50 bits per heavy atom. The Balaban J connectivity index is 2.96. The van der Waals surface area contributed by atoms with Crippen LogP contribution in [0.5, 0.6) is 0 Å². The molecule has 0 aromatic heterocycles. The summed E-state index contributed by atoms with van der Waals surface area (Å²) in [5, 5.41) is 10.8. The normalized spacial score (nSPS) is 13.0. The van der Waals surface area contributed by atoms with Crippen LogP contribution in [-0.2, 0) is 9.84 Å². The van der Waals surface area contributed by atoms with Crippen LogP contribution in [0.15, 0.2) is 18.2 Å². The molecule has 0 spiro atoms. The summed E-state index contributed by atoms with van der Waals surface area (Å²) in [5.74, 6) is -2.01. The van der Waals surface area contributed by atoms with E-state index in [4.69, 9.17) is 0 Å². The topological polar surface area (TPSA) is 29.1 Å². The first kappa shape index (κ1) is 9.09. The molecule has 0 N–H and O–H groups in total. The third kappa shape index (κ3) is 1.78. The lowest BCUT2D eigenvalue weighted by Crippen LogP contribution is -1.99. The van der Waals surface area contributed by atoms with Gasteiger partial charge < -0.3 is 4.74 Å². The first-order chi connectivity index (χ1) is 5.65. The van der Waals surface area contributed by atoms with Gasteiger partial charge in [0.25, 0.3) is 0 Å². The molecule has 0 amide bonds. The molecule has 1 aromatic carbocycles. The average molecular weight is 173 g/mol. The first-order valence-electron chi connectivity index (χ1n) is 3.28. The van der Waals surface area contributed by atoms with Gasteiger partial charge in [-0.3, -0.25) is 0 Å². The zero-order valence-corrected chi connectivity index (χ0v) is 6.38. The van der Waals surface area contributed by atoms with Crippen LogP contribution in [0.3, 0.4) is 0 Å². The van der Waals surface area contributed by atoms with Crippen LogP contribution in [0.25, 0.3) is 0 Å². The van der Waals surface area contributed by atoms with E-state index in [9.17, 15) is 13.9 Å². The van der Waals surface area contributed by atoms with Crippen LogP contribution in [0.4, 0.5) is 8.78 Å². The molecule has 1 atom stereocenters. The fourth-order valence-electron chi connectivity index (χ4n) is 0.795. The summed E-state index contributed by atoms with van der Waals surface area (Å²) >= 11 is 0. The average Bonchev–Trinajstić information content (AvgIpc) is 2.08. The molecule has 4 heteroatoms. The molecular weight excluding hydrogens is 166 g/mol. The van der Waals surface area contributed by atoms with E-state index in [1.165, 1.54) is 13.2 Å². The van der Waals surface area contributed by atoms with E-state index < -0.39 is 17.9 Å². The van der Waals surface area contributed by atoms with Crippen molar-refractivity contribution < 1.29 is 18.6 Å². The number of rotatable bonds is 2. The van der Waals surface area contributed by atoms with Gasteiger partial charge in [0.2, 0.25) is 6.29 Å². The fraction of sp³-hybridized carbons (Fsp3) is 0.250. The summed E-state index contributed by atoms with van der Waals surface area (Å²) in [6, 6.07) is 2.92. The molecule has 1 radical (unpaired) electrons. The Morgan fingerprint density at radius 1 is 1.33 bits per heavy atom. The molecule has 2 nitrogen and oxygen atoms in total. The fourth-order valence-corrected chi connectivity index (χ4v) is 0.795. The van der Waals surface area contributed by atoms with Crippen molar-refractivity contribution in [3.05, 3.63) is 35.4 Å². The summed E-state index contributed by atoms with van der Waals surface area (Å²) in [5.41, 5.74) is 0.0800. The largest absolute Gasteiger partial charge is 0.349 e. The maximum atomic E-state index is 12.5. The number of hydrogen-bond donors (Lipinski definition) is 0. The standard InChI is InChI=1S/C8H7F2O2/c1-12-8(11)5-2-3-6(9)7(10)4-5/h2-4,8H,1H3. The summed E-state index contributed by atoms with van der Waals surface area (Å²) < 4.78 is 29.2. The minimum atomic E-state index is -1.46. The van der Waals surface area contributed by atoms with E-state index in [1.807, 2.05) is 0 Å². The maximum Gasteiger partial charge on any atom is 0.217 e. The van der Waals surface area contributed by atoms with Crippen LogP contribution in [-0.4, -0.2) is 7.11 Å². The van der Waals surface area contributed by atoms with Crippen molar-refractivity contribution in [3.63, 3.8) is 0 Å². The second-order valence-electron chi connectivity index (χ2n) is 2.24. The lowest BCUT2D eigenvalue weighted by molar-refractivity contribution is -0.123. The molecule has 1 rings (SSSR count). The van der Waals surface area contributed by atoms with E-state index >= 15 is 0 Å². The minimum absolute atomic E-state index is 0.0800. The number of halogens is 2. The van der Waals surface area contributed by atoms with E-state index in [0.717, 1.165) is 12.1 Å². The Morgan fingerprint density at radius 2 is 2.00 bits per heavy atom. The highest BCUT2D eigenvalue weighted by Gasteiger charge is 2.10. The van der Waals surface area contributed by atoms with Crippen molar-refractivity contribution in [1.29, 1.82) is 0 Å². The van der Waals surface area contributed by atoms with Gasteiger partial charge in [-0.05, 0) is 12.1 Å². The lowest BCUT2D eigenvalue weighted by Gasteiger charge is -2.05. The Kier molecular flexibility index (Phi) is 2.73. The smallest absolute Gasteiger partial charge is 0.217 e. The zero-order chi connectivity index (χ0) is 9.14. The molecule has 0 fully saturated rings. The van der Waals surface area contributed by atoms with Crippen molar-refractivity contribution in [1.82, 2.24) is 0 Å². The van der Waals surface area contributed by atoms with Crippen LogP contribution >= 0.6 is 0 Å². The van der Waals surface area contributed by atoms with Gasteiger partial charge in [0, 0.05) is 12.7 Å². The van der Waals surface area contributed by atoms with Gasteiger partial charge in [0.1, 0.15) is 0 Å². The first-order valence-corrected chi connectivity index (χ1v) is 3.28. The highest BCUT2D eigenvalue weighted by molar-refractivity contribution is 5.18. The third-order valence-corrected chi connectivity index (χ3v) is 1.43. The molecule has 0 saturated heterocycles. The Hall–Kier alpha value is -1.00. The van der Waals surface area contributed by atoms with Gasteiger partial charge in [0.05, 0.1) is 0 Å². The van der Waals surface area contributed by atoms with E-state index in [0.29, 0.717) is 0 Å². The second-order valence-corrected chi connectivity index (χ2v) is 2.24. The maximum absolute atomic E-state index is 12.5. The van der Waals surface area contributed by atoms with Crippen LogP contribution < -0.4 is 0 Å². The predicted octanol–water partition coefficient (Wildman–Crippen LogP) is 2.04. The third-order valence-electron chi connectivity index (χ3n) is 1.43. The van der Waals surface area contributed by atoms with Gasteiger partial charge >= 0.3 is 0 Å². The Labute approximate surface area is 68.4 Å². The predicted molar refractivity (Wildman–Crippen MR) is 36.8 cm³/mol. The number of methoxy groups -OCH3 is 1. The van der Waals surface area contributed by atoms with Crippen molar-refractivity contribution in [2.45, 2.75) is 6.29 Å². The molecule has 1 aromatic rings. The summed E-state index contributed by atoms with van der Waals surface area (Å²) in [7, 11) is 1.21. The van der Waals surface area contributed by atoms with Crippen LogP contribution in [0.1, 0.15) is 11.9 Å². The van der Waals surface area contributed by atoms with Gasteiger partial charge in [-0.1, -0.05) is 6.07 Å². The SMILES string of the molecule is COC([O])c1ccc(F)c(F)c1. The zero-order valence-electron chi connectivity index (χ0n) is 6.38. The molecule has 0 heterocycles. The monoisotopic (exact) mass is 173 g/mol. The number of hydrogen-bond acceptors (Lipinski definition) is 1. The van der Waals surface area contributed by atoms with Gasteiger partial charge in [-0.25, -0.2) is 8.78 Å². The van der Waals surface area contributed by atoms with Crippen molar-refractivity contribution in [2.24, 2.45) is 0 Å². The van der Waals surface area contributed by atoms with Crippen molar-refractivity contribution in [3.8, 4) is 0 Å². The molecule has 0 aliphatic heterocycles. The summed E-state index contributed by atoms with van der Waals surface area (Å²) in [4.78, 5) is 0. The lowest BCUT2D eigenvalue weighted by atomic mass is 10.2. The van der Waals surface area contributed by atoms with E-state index in [2.05, 4.69) is 4.74 Å². The molecule has 0 aliphatic carbocycles. The molecular formula is C8H7F2O2. The number of benzene rings is 1. The highest BCUT2D eigenvalue weighted by atomic mass is 19.2. The quantitative estimate of drug-likeness (QED) is 0.629. The molecule has 65 valence electrons. The van der Waals surface area contributed by atoms with E-state index in [-0.39, 0.29) is 5.56 Å². The van der Waals surface area contributed by atoms with Gasteiger partial charge in [-0.2, -0.15) is 5.11 Å². The molecule has 0 saturated carbocycles. The second kappa shape index (κ2) is 3.60. The van der Waals surface area contributed by atoms with Crippen molar-refractivity contribution in [2.75, 3.05) is 7.11 Å². The van der Waals surface area contributed by atoms with Crippen LogP contribution in [0.2, 0.25) is 0 Å². The molecule has 0 aliphatic rings. The summed E-state index contributed by atoms with van der Waals surface area (Å²) in [6.07, 6.45) is -1.46. The minimum Gasteiger partial charge on any atom is -0.349 e. The van der Waals surface area contributed by atoms with Gasteiger partial charge in [0.15, 0.2) is 11.6 Å². The Bertz CT molecular complexity index is 276.